The van der Waals surface area contributed by atoms with Crippen molar-refractivity contribution < 1.29 is 19.7 Å². The van der Waals surface area contributed by atoms with E-state index in [1.165, 1.54) is 12.1 Å². The number of rotatable bonds is 4. The van der Waals surface area contributed by atoms with E-state index >= 15 is 0 Å². The molecule has 4 aromatic rings. The van der Waals surface area contributed by atoms with E-state index in [2.05, 4.69) is 10.3 Å². The van der Waals surface area contributed by atoms with Gasteiger partial charge in [-0.25, -0.2) is 10.2 Å². The molecule has 0 spiro atoms. The molecule has 1 aliphatic heterocycles. The van der Waals surface area contributed by atoms with E-state index in [1.807, 2.05) is 16.5 Å². The predicted molar refractivity (Wildman–Crippen MR) is 103 cm³/mol. The number of hydrogen-bond donors (Lipinski definition) is 2. The molecule has 1 aliphatic rings. The fraction of sp³-hybridized carbons (Fsp3) is 0.300. The van der Waals surface area contributed by atoms with E-state index in [4.69, 9.17) is 4.74 Å². The van der Waals surface area contributed by atoms with Gasteiger partial charge in [0.25, 0.3) is 0 Å². The van der Waals surface area contributed by atoms with Crippen LogP contribution in [0.15, 0.2) is 41.5 Å². The Balaban J connectivity index is 1.58. The monoisotopic (exact) mass is 380 g/mol. The summed E-state index contributed by atoms with van der Waals surface area (Å²) >= 11 is 0. The van der Waals surface area contributed by atoms with E-state index in [-0.39, 0.29) is 15.8 Å². The number of nitrogens with one attached hydrogen (secondary N) is 1. The lowest BCUT2D eigenvalue weighted by Gasteiger charge is -2.33. The molecule has 0 radical (unpaired) electrons. The first kappa shape index (κ1) is 17.2. The highest BCUT2D eigenvalue weighted by Gasteiger charge is 2.28. The Hall–Kier alpha value is -2.94. The van der Waals surface area contributed by atoms with Crippen LogP contribution in [0.4, 0.5) is 5.69 Å². The van der Waals surface area contributed by atoms with Gasteiger partial charge in [0.2, 0.25) is 0 Å². The number of anilines is 1. The summed E-state index contributed by atoms with van der Waals surface area (Å²) in [6.07, 6.45) is 1.68. The zero-order chi connectivity index (χ0) is 19.3. The number of morpholine rings is 1. The standard InChI is InChI=1S/C20H20N4O4/c25-13-1-4-17-14(11-13)20(26)18-15(2-3-16-19(18)23(17)12-22-16)21-5-6-24(27)7-9-28-10-8-24/h1-4,11-12,27H,5-10H2,(H-,21,25,26). The number of ether oxygens (including phenoxy) is 1. The van der Waals surface area contributed by atoms with Gasteiger partial charge < -0.3 is 15.2 Å². The number of aromatic nitrogens is 2. The SMILES string of the molecule is O=c1c2cc([O-])ccc2n2cnc3ccc(NCC[N+]4(O)CCOCC4)c1c32. The van der Waals surface area contributed by atoms with Gasteiger partial charge in [-0.2, -0.15) is 4.65 Å². The first-order valence-electron chi connectivity index (χ1n) is 9.32. The van der Waals surface area contributed by atoms with Crippen molar-refractivity contribution in [2.75, 3.05) is 44.7 Å². The number of fused-ring (bicyclic) bond motifs is 2. The summed E-state index contributed by atoms with van der Waals surface area (Å²) < 4.78 is 7.12. The number of nitrogens with zero attached hydrogens (tertiary/aromatic N) is 3. The van der Waals surface area contributed by atoms with Gasteiger partial charge in [-0.15, -0.1) is 5.75 Å². The molecule has 8 nitrogen and oxygen atoms in total. The summed E-state index contributed by atoms with van der Waals surface area (Å²) in [5.74, 6) is -0.198. The molecule has 1 saturated heterocycles. The minimum absolute atomic E-state index is 0.0428. The van der Waals surface area contributed by atoms with Crippen molar-refractivity contribution in [1.82, 2.24) is 9.38 Å². The van der Waals surface area contributed by atoms with Crippen LogP contribution in [0.5, 0.6) is 5.75 Å². The number of benzene rings is 2. The van der Waals surface area contributed by atoms with Gasteiger partial charge in [-0.3, -0.25) is 9.20 Å². The largest absolute Gasteiger partial charge is 0.872 e. The average molecular weight is 380 g/mol. The molecule has 0 saturated carbocycles. The van der Waals surface area contributed by atoms with Crippen LogP contribution < -0.4 is 15.9 Å². The third-order valence-corrected chi connectivity index (χ3v) is 5.56. The Bertz CT molecular complexity index is 1230. The molecule has 2 aromatic carbocycles. The highest BCUT2D eigenvalue weighted by atomic mass is 16.6. The van der Waals surface area contributed by atoms with Crippen molar-refractivity contribution in [3.63, 3.8) is 0 Å². The molecule has 0 atom stereocenters. The Kier molecular flexibility index (Phi) is 3.87. The van der Waals surface area contributed by atoms with Gasteiger partial charge >= 0.3 is 0 Å². The van der Waals surface area contributed by atoms with Crippen molar-refractivity contribution in [3.8, 4) is 5.75 Å². The van der Waals surface area contributed by atoms with Crippen LogP contribution in [0.3, 0.4) is 0 Å². The normalized spacial score (nSPS) is 16.9. The van der Waals surface area contributed by atoms with Crippen molar-refractivity contribution >= 4 is 33.0 Å². The second-order valence-electron chi connectivity index (χ2n) is 7.28. The van der Waals surface area contributed by atoms with E-state index < -0.39 is 0 Å². The molecule has 0 amide bonds. The second kappa shape index (κ2) is 6.30. The summed E-state index contributed by atoms with van der Waals surface area (Å²) in [4.78, 5) is 17.6. The minimum atomic E-state index is -0.198. The lowest BCUT2D eigenvalue weighted by molar-refractivity contribution is -1.10. The predicted octanol–water partition coefficient (Wildman–Crippen LogP) is 1.16. The molecule has 0 bridgehead atoms. The highest BCUT2D eigenvalue weighted by Crippen LogP contribution is 2.29. The van der Waals surface area contributed by atoms with Crippen molar-refractivity contribution in [3.05, 3.63) is 46.9 Å². The maximum absolute atomic E-state index is 13.2. The number of hydrogen-bond acceptors (Lipinski definition) is 6. The summed E-state index contributed by atoms with van der Waals surface area (Å²) in [7, 11) is 0. The second-order valence-corrected chi connectivity index (χ2v) is 7.28. The van der Waals surface area contributed by atoms with Crippen molar-refractivity contribution in [2.45, 2.75) is 0 Å². The Labute approximate surface area is 160 Å². The van der Waals surface area contributed by atoms with E-state index in [0.717, 1.165) is 11.0 Å². The molecule has 1 fully saturated rings. The third-order valence-electron chi connectivity index (χ3n) is 5.56. The van der Waals surface area contributed by atoms with Gasteiger partial charge in [0.05, 0.1) is 41.7 Å². The zero-order valence-electron chi connectivity index (χ0n) is 15.2. The zero-order valence-corrected chi connectivity index (χ0v) is 15.2. The topological polar surface area (TPSA) is 98.9 Å². The number of imidazole rings is 1. The van der Waals surface area contributed by atoms with Crippen LogP contribution in [0.25, 0.3) is 27.3 Å². The summed E-state index contributed by atoms with van der Waals surface area (Å²) in [5.41, 5.74) is 2.63. The highest BCUT2D eigenvalue weighted by molar-refractivity contribution is 6.07. The van der Waals surface area contributed by atoms with E-state index in [1.54, 1.807) is 12.4 Å². The number of pyridine rings is 1. The van der Waals surface area contributed by atoms with Crippen LogP contribution in [0, 0.1) is 0 Å². The molecule has 2 aromatic heterocycles. The Morgan fingerprint density at radius 1 is 1.25 bits per heavy atom. The third kappa shape index (κ3) is 2.65. The fourth-order valence-corrected chi connectivity index (χ4v) is 4.01. The molecule has 144 valence electrons. The van der Waals surface area contributed by atoms with Crippen LogP contribution in [-0.4, -0.2) is 58.6 Å². The molecule has 5 rings (SSSR count). The number of hydroxylamine groups is 3. The van der Waals surface area contributed by atoms with Gasteiger partial charge in [-0.05, 0) is 18.2 Å². The van der Waals surface area contributed by atoms with Crippen LogP contribution >= 0.6 is 0 Å². The quantitative estimate of drug-likeness (QED) is 0.407. The maximum atomic E-state index is 13.2. The van der Waals surface area contributed by atoms with Gasteiger partial charge in [0, 0.05) is 11.1 Å². The fourth-order valence-electron chi connectivity index (χ4n) is 4.01. The molecule has 0 unspecified atom stereocenters. The van der Waals surface area contributed by atoms with E-state index in [9.17, 15) is 15.1 Å². The van der Waals surface area contributed by atoms with Crippen LogP contribution in [0.1, 0.15) is 0 Å². The van der Waals surface area contributed by atoms with Gasteiger partial charge in [-0.1, -0.05) is 12.1 Å². The lowest BCUT2D eigenvalue weighted by Crippen LogP contribution is -2.54. The molecular weight excluding hydrogens is 360 g/mol. The molecule has 3 heterocycles. The van der Waals surface area contributed by atoms with Gasteiger partial charge in [0.1, 0.15) is 26.0 Å². The summed E-state index contributed by atoms with van der Waals surface area (Å²) in [6, 6.07) is 8.20. The smallest absolute Gasteiger partial charge is 0.199 e. The van der Waals surface area contributed by atoms with Crippen molar-refractivity contribution in [1.29, 1.82) is 0 Å². The van der Waals surface area contributed by atoms with Crippen LogP contribution in [-0.2, 0) is 4.74 Å². The van der Waals surface area contributed by atoms with E-state index in [0.29, 0.717) is 61.4 Å². The minimum Gasteiger partial charge on any atom is -0.872 e. The molecule has 0 aliphatic carbocycles. The number of quaternary nitrogens is 1. The molecule has 28 heavy (non-hydrogen) atoms. The Morgan fingerprint density at radius 2 is 2.07 bits per heavy atom. The molecule has 2 N–H and O–H groups in total. The maximum Gasteiger partial charge on any atom is 0.199 e. The summed E-state index contributed by atoms with van der Waals surface area (Å²) in [6.45, 7) is 3.21. The summed E-state index contributed by atoms with van der Waals surface area (Å²) in [5, 5.41) is 26.6. The van der Waals surface area contributed by atoms with Gasteiger partial charge in [0.15, 0.2) is 5.43 Å². The Morgan fingerprint density at radius 3 is 2.89 bits per heavy atom. The lowest BCUT2D eigenvalue weighted by atomic mass is 10.1. The molecular formula is C20H20N4O4. The molecule has 8 heteroatoms. The van der Waals surface area contributed by atoms with Crippen LogP contribution in [0.2, 0.25) is 0 Å². The van der Waals surface area contributed by atoms with Crippen molar-refractivity contribution in [2.24, 2.45) is 0 Å². The first-order chi connectivity index (χ1) is 13.6. The first-order valence-corrected chi connectivity index (χ1v) is 9.32. The average Bonchev–Trinajstić information content (AvgIpc) is 3.11.